The summed E-state index contributed by atoms with van der Waals surface area (Å²) in [5.74, 6) is -0.304. The van der Waals surface area contributed by atoms with Crippen molar-refractivity contribution >= 4 is 5.97 Å². The van der Waals surface area contributed by atoms with Gasteiger partial charge in [-0.05, 0) is 44.9 Å². The number of nitrogens with zero attached hydrogens (tertiary/aromatic N) is 3. The monoisotopic (exact) mass is 257 g/mol. The van der Waals surface area contributed by atoms with Gasteiger partial charge in [-0.25, -0.2) is 4.98 Å². The number of nitriles is 2. The zero-order valence-corrected chi connectivity index (χ0v) is 11.2. The first-order valence-electron chi connectivity index (χ1n) is 5.87. The molecule has 0 radical (unpaired) electrons. The zero-order chi connectivity index (χ0) is 14.5. The summed E-state index contributed by atoms with van der Waals surface area (Å²) in [7, 11) is 0. The summed E-state index contributed by atoms with van der Waals surface area (Å²) in [6.07, 6.45) is 0.623. The fraction of sp³-hybridized carbons (Fsp3) is 0.429. The molecule has 98 valence electrons. The first-order valence-corrected chi connectivity index (χ1v) is 5.87. The lowest BCUT2D eigenvalue weighted by Gasteiger charge is -2.19. The van der Waals surface area contributed by atoms with Crippen molar-refractivity contribution < 1.29 is 9.53 Å². The van der Waals surface area contributed by atoms with E-state index in [1.54, 1.807) is 32.9 Å². The fourth-order valence-corrected chi connectivity index (χ4v) is 1.49. The normalized spacial score (nSPS) is 10.4. The first-order chi connectivity index (χ1) is 8.84. The third kappa shape index (κ3) is 5.18. The molecular weight excluding hydrogens is 242 g/mol. The number of ether oxygens (including phenoxy) is 1. The fourth-order valence-electron chi connectivity index (χ4n) is 1.49. The van der Waals surface area contributed by atoms with Crippen LogP contribution in [0.3, 0.4) is 0 Å². The van der Waals surface area contributed by atoms with Gasteiger partial charge in [-0.15, -0.1) is 0 Å². The topological polar surface area (TPSA) is 86.8 Å². The number of aromatic nitrogens is 1. The van der Waals surface area contributed by atoms with Crippen molar-refractivity contribution in [3.05, 3.63) is 29.1 Å². The van der Waals surface area contributed by atoms with Gasteiger partial charge in [0, 0.05) is 6.42 Å². The number of carbonyl (C=O) groups excluding carboxylic acids is 1. The molecule has 5 heteroatoms. The summed E-state index contributed by atoms with van der Waals surface area (Å²) >= 11 is 0. The van der Waals surface area contributed by atoms with Crippen LogP contribution in [-0.4, -0.2) is 16.6 Å². The molecule has 19 heavy (non-hydrogen) atoms. The van der Waals surface area contributed by atoms with Crippen LogP contribution in [0.15, 0.2) is 12.1 Å². The van der Waals surface area contributed by atoms with Crippen molar-refractivity contribution in [2.24, 2.45) is 0 Å². The largest absolute Gasteiger partial charge is 0.460 e. The number of aryl methyl sites for hydroxylation is 1. The van der Waals surface area contributed by atoms with Gasteiger partial charge < -0.3 is 4.74 Å². The average molecular weight is 257 g/mol. The van der Waals surface area contributed by atoms with Gasteiger partial charge in [-0.1, -0.05) is 0 Å². The van der Waals surface area contributed by atoms with E-state index in [-0.39, 0.29) is 23.8 Å². The van der Waals surface area contributed by atoms with E-state index in [4.69, 9.17) is 15.3 Å². The molecule has 1 aromatic heterocycles. The molecule has 0 aliphatic rings. The van der Waals surface area contributed by atoms with Crippen LogP contribution in [-0.2, 0) is 16.0 Å². The van der Waals surface area contributed by atoms with Crippen LogP contribution in [0.2, 0.25) is 0 Å². The van der Waals surface area contributed by atoms with E-state index in [2.05, 4.69) is 4.98 Å². The molecule has 0 amide bonds. The molecule has 0 aromatic carbocycles. The van der Waals surface area contributed by atoms with Gasteiger partial charge in [0.25, 0.3) is 0 Å². The lowest BCUT2D eigenvalue weighted by Crippen LogP contribution is -2.24. The Labute approximate surface area is 112 Å². The van der Waals surface area contributed by atoms with Crippen molar-refractivity contribution in [2.45, 2.75) is 39.2 Å². The second-order valence-electron chi connectivity index (χ2n) is 5.06. The summed E-state index contributed by atoms with van der Waals surface area (Å²) < 4.78 is 5.19. The van der Waals surface area contributed by atoms with E-state index < -0.39 is 5.60 Å². The number of rotatable bonds is 3. The van der Waals surface area contributed by atoms with Crippen molar-refractivity contribution in [3.8, 4) is 12.1 Å². The minimum absolute atomic E-state index is 0.179. The molecule has 1 aromatic rings. The number of pyridine rings is 1. The van der Waals surface area contributed by atoms with E-state index in [0.717, 1.165) is 5.56 Å². The smallest absolute Gasteiger partial charge is 0.306 e. The van der Waals surface area contributed by atoms with Gasteiger partial charge >= 0.3 is 5.97 Å². The summed E-state index contributed by atoms with van der Waals surface area (Å²) in [6.45, 7) is 5.41. The van der Waals surface area contributed by atoms with Crippen LogP contribution in [0.1, 0.15) is 44.1 Å². The minimum atomic E-state index is -0.509. The Morgan fingerprint density at radius 3 is 2.21 bits per heavy atom. The van der Waals surface area contributed by atoms with Crippen molar-refractivity contribution in [1.29, 1.82) is 10.5 Å². The standard InChI is InChI=1S/C14H15N3O2/c1-14(2,3)19-13(18)5-4-10-6-11(8-15)17-12(7-10)9-16/h6-7H,4-5H2,1-3H3. The number of hydrogen-bond acceptors (Lipinski definition) is 5. The van der Waals surface area contributed by atoms with Gasteiger partial charge in [-0.3, -0.25) is 4.79 Å². The first kappa shape index (κ1) is 14.7. The third-order valence-electron chi connectivity index (χ3n) is 2.15. The minimum Gasteiger partial charge on any atom is -0.460 e. The Balaban J connectivity index is 2.71. The number of carbonyl (C=O) groups is 1. The van der Waals surface area contributed by atoms with E-state index in [9.17, 15) is 4.79 Å². The summed E-state index contributed by atoms with van der Waals surface area (Å²) in [5.41, 5.74) is 0.579. The molecule has 0 fully saturated rings. The molecule has 0 spiro atoms. The molecule has 0 saturated heterocycles. The van der Waals surface area contributed by atoms with E-state index in [0.29, 0.717) is 6.42 Å². The molecule has 1 heterocycles. The van der Waals surface area contributed by atoms with Crippen LogP contribution >= 0.6 is 0 Å². The molecule has 0 aliphatic heterocycles. The van der Waals surface area contributed by atoms with Crippen molar-refractivity contribution in [3.63, 3.8) is 0 Å². The van der Waals surface area contributed by atoms with Crippen LogP contribution in [0.4, 0.5) is 0 Å². The van der Waals surface area contributed by atoms with E-state index in [1.165, 1.54) is 0 Å². The highest BCUT2D eigenvalue weighted by molar-refractivity contribution is 5.70. The van der Waals surface area contributed by atoms with Gasteiger partial charge in [0.2, 0.25) is 0 Å². The third-order valence-corrected chi connectivity index (χ3v) is 2.15. The maximum Gasteiger partial charge on any atom is 0.306 e. The van der Waals surface area contributed by atoms with Gasteiger partial charge in [-0.2, -0.15) is 10.5 Å². The number of hydrogen-bond donors (Lipinski definition) is 0. The quantitative estimate of drug-likeness (QED) is 0.774. The van der Waals surface area contributed by atoms with Crippen LogP contribution < -0.4 is 0 Å². The lowest BCUT2D eigenvalue weighted by molar-refractivity contribution is -0.154. The van der Waals surface area contributed by atoms with Crippen LogP contribution in [0, 0.1) is 22.7 Å². The Kier molecular flexibility index (Phi) is 4.61. The predicted molar refractivity (Wildman–Crippen MR) is 67.8 cm³/mol. The molecule has 1 rings (SSSR count). The molecule has 0 bridgehead atoms. The Bertz CT molecular complexity index is 527. The molecule has 0 unspecified atom stereocenters. The van der Waals surface area contributed by atoms with E-state index >= 15 is 0 Å². The Morgan fingerprint density at radius 2 is 1.79 bits per heavy atom. The number of esters is 1. The highest BCUT2D eigenvalue weighted by Gasteiger charge is 2.16. The Hall–Kier alpha value is -2.40. The lowest BCUT2D eigenvalue weighted by atomic mass is 10.1. The highest BCUT2D eigenvalue weighted by Crippen LogP contribution is 2.12. The zero-order valence-electron chi connectivity index (χ0n) is 11.2. The summed E-state index contributed by atoms with van der Waals surface area (Å²) in [5, 5.41) is 17.6. The second-order valence-corrected chi connectivity index (χ2v) is 5.06. The van der Waals surface area contributed by atoms with Crippen molar-refractivity contribution in [2.75, 3.05) is 0 Å². The molecule has 0 atom stereocenters. The molecule has 0 saturated carbocycles. The SMILES string of the molecule is CC(C)(C)OC(=O)CCc1cc(C#N)nc(C#N)c1. The van der Waals surface area contributed by atoms with Gasteiger partial charge in [0.05, 0.1) is 0 Å². The van der Waals surface area contributed by atoms with E-state index in [1.807, 2.05) is 12.1 Å². The average Bonchev–Trinajstić information content (AvgIpc) is 2.33. The Morgan fingerprint density at radius 1 is 1.26 bits per heavy atom. The van der Waals surface area contributed by atoms with Gasteiger partial charge in [0.1, 0.15) is 29.1 Å². The maximum absolute atomic E-state index is 11.6. The highest BCUT2D eigenvalue weighted by atomic mass is 16.6. The predicted octanol–water partition coefficient (Wildman–Crippen LogP) is 2.10. The molecular formula is C14H15N3O2. The summed E-state index contributed by atoms with van der Waals surface area (Å²) in [4.78, 5) is 15.4. The summed E-state index contributed by atoms with van der Waals surface area (Å²) in [6, 6.07) is 6.93. The molecule has 0 aliphatic carbocycles. The molecule has 5 nitrogen and oxygen atoms in total. The van der Waals surface area contributed by atoms with Gasteiger partial charge in [0.15, 0.2) is 0 Å². The van der Waals surface area contributed by atoms with Crippen LogP contribution in [0.25, 0.3) is 0 Å². The van der Waals surface area contributed by atoms with Crippen molar-refractivity contribution in [1.82, 2.24) is 4.98 Å². The van der Waals surface area contributed by atoms with Crippen LogP contribution in [0.5, 0.6) is 0 Å². The maximum atomic E-state index is 11.6. The molecule has 0 N–H and O–H groups in total. The second kappa shape index (κ2) is 5.97.